The van der Waals surface area contributed by atoms with E-state index in [0.717, 1.165) is 45.1 Å². The molecule has 2 aliphatic rings. The van der Waals surface area contributed by atoms with E-state index in [1.807, 2.05) is 18.2 Å². The van der Waals surface area contributed by atoms with Crippen molar-refractivity contribution in [2.45, 2.75) is 63.1 Å². The van der Waals surface area contributed by atoms with E-state index in [0.29, 0.717) is 6.04 Å². The zero-order chi connectivity index (χ0) is 25.8. The summed E-state index contributed by atoms with van der Waals surface area (Å²) >= 11 is 0. The SMILES string of the molecule is N#CC[C@]1(n2cc(C(N)=O)c(NC(=O)C3CC3)n2)CC[C@H](NCc2ccc(-c3ccccc3)cc2)CC1. The normalized spacial score (nSPS) is 21.2. The van der Waals surface area contributed by atoms with E-state index < -0.39 is 11.4 Å². The number of nitrogens with one attached hydrogen (secondary N) is 2. The standard InChI is InChI=1S/C29H32N6O2/c30-17-16-29(35-19-25(26(31)36)27(34-35)33-28(37)23-10-11-23)14-12-24(13-15-29)32-18-20-6-8-22(9-7-20)21-4-2-1-3-5-21/h1-9,19,23-24,32H,10-16,18H2,(H2,31,36)(H,33,34,37)/t24-,29-. The molecule has 8 nitrogen and oxygen atoms in total. The van der Waals surface area contributed by atoms with Gasteiger partial charge in [-0.05, 0) is 55.2 Å². The molecule has 2 aromatic carbocycles. The van der Waals surface area contributed by atoms with Crippen LogP contribution in [0.15, 0.2) is 60.8 Å². The number of rotatable bonds is 9. The van der Waals surface area contributed by atoms with E-state index in [-0.39, 0.29) is 29.6 Å². The van der Waals surface area contributed by atoms with Crippen LogP contribution in [-0.4, -0.2) is 27.6 Å². The van der Waals surface area contributed by atoms with Crippen molar-refractivity contribution in [2.75, 3.05) is 5.32 Å². The lowest BCUT2D eigenvalue weighted by atomic mass is 9.77. The molecule has 37 heavy (non-hydrogen) atoms. The summed E-state index contributed by atoms with van der Waals surface area (Å²) in [6.07, 6.45) is 6.80. The summed E-state index contributed by atoms with van der Waals surface area (Å²) in [6.45, 7) is 0.774. The van der Waals surface area contributed by atoms with Gasteiger partial charge in [0.1, 0.15) is 5.56 Å². The number of hydrogen-bond donors (Lipinski definition) is 3. The minimum absolute atomic E-state index is 0.0185. The fourth-order valence-electron chi connectivity index (χ4n) is 5.15. The fourth-order valence-corrected chi connectivity index (χ4v) is 5.15. The third kappa shape index (κ3) is 5.57. The average molecular weight is 497 g/mol. The van der Waals surface area contributed by atoms with Crippen molar-refractivity contribution >= 4 is 17.6 Å². The Hall–Kier alpha value is -3.96. The van der Waals surface area contributed by atoms with E-state index >= 15 is 0 Å². The lowest BCUT2D eigenvalue weighted by molar-refractivity contribution is -0.117. The summed E-state index contributed by atoms with van der Waals surface area (Å²) in [7, 11) is 0. The molecule has 0 aliphatic heterocycles. The van der Waals surface area contributed by atoms with E-state index in [9.17, 15) is 14.9 Å². The van der Waals surface area contributed by atoms with E-state index in [1.165, 1.54) is 16.7 Å². The van der Waals surface area contributed by atoms with Crippen LogP contribution in [0.1, 0.15) is 60.9 Å². The van der Waals surface area contributed by atoms with Crippen molar-refractivity contribution in [3.8, 4) is 17.2 Å². The molecule has 190 valence electrons. The second-order valence-electron chi connectivity index (χ2n) is 10.2. The number of nitrogens with two attached hydrogens (primary N) is 1. The van der Waals surface area contributed by atoms with Crippen molar-refractivity contribution in [3.05, 3.63) is 71.9 Å². The smallest absolute Gasteiger partial charge is 0.254 e. The minimum atomic E-state index is -0.641. The molecule has 1 heterocycles. The predicted octanol–water partition coefficient (Wildman–Crippen LogP) is 4.34. The van der Waals surface area contributed by atoms with Crippen LogP contribution in [0, 0.1) is 17.2 Å². The lowest BCUT2D eigenvalue weighted by Crippen LogP contribution is -2.43. The maximum atomic E-state index is 12.3. The van der Waals surface area contributed by atoms with Gasteiger partial charge in [-0.15, -0.1) is 0 Å². The molecule has 0 spiro atoms. The zero-order valence-electron chi connectivity index (χ0n) is 20.8. The maximum Gasteiger partial charge on any atom is 0.254 e. The lowest BCUT2D eigenvalue weighted by Gasteiger charge is -2.39. The number of carbonyl (C=O) groups is 2. The number of primary amides is 1. The van der Waals surface area contributed by atoms with Crippen LogP contribution in [0.5, 0.6) is 0 Å². The summed E-state index contributed by atoms with van der Waals surface area (Å²) in [4.78, 5) is 24.4. The Balaban J connectivity index is 1.22. The molecule has 0 bridgehead atoms. The third-order valence-electron chi connectivity index (χ3n) is 7.64. The largest absolute Gasteiger partial charge is 0.365 e. The van der Waals surface area contributed by atoms with E-state index in [2.05, 4.69) is 58.2 Å². The first kappa shape index (κ1) is 24.7. The molecule has 2 fully saturated rings. The van der Waals surface area contributed by atoms with Gasteiger partial charge in [0.2, 0.25) is 5.91 Å². The highest BCUT2D eigenvalue weighted by atomic mass is 16.2. The van der Waals surface area contributed by atoms with Crippen molar-refractivity contribution in [3.63, 3.8) is 0 Å². The number of hydrogen-bond acceptors (Lipinski definition) is 5. The van der Waals surface area contributed by atoms with Gasteiger partial charge in [0.15, 0.2) is 5.82 Å². The number of amides is 2. The second kappa shape index (κ2) is 10.6. The maximum absolute atomic E-state index is 12.3. The summed E-state index contributed by atoms with van der Waals surface area (Å²) in [5, 5.41) is 20.6. The molecule has 2 saturated carbocycles. The highest BCUT2D eigenvalue weighted by Gasteiger charge is 2.39. The first-order chi connectivity index (χ1) is 18.0. The number of anilines is 1. The van der Waals surface area contributed by atoms with Crippen LogP contribution in [0.25, 0.3) is 11.1 Å². The number of benzene rings is 2. The zero-order valence-corrected chi connectivity index (χ0v) is 20.8. The van der Waals surface area contributed by atoms with Crippen molar-refractivity contribution < 1.29 is 9.59 Å². The molecule has 1 aromatic heterocycles. The highest BCUT2D eigenvalue weighted by molar-refractivity contribution is 6.02. The first-order valence-electron chi connectivity index (χ1n) is 12.9. The molecule has 5 rings (SSSR count). The Bertz CT molecular complexity index is 1300. The van der Waals surface area contributed by atoms with Gasteiger partial charge in [-0.2, -0.15) is 10.4 Å². The van der Waals surface area contributed by atoms with Gasteiger partial charge in [-0.25, -0.2) is 0 Å². The molecule has 0 saturated heterocycles. The highest BCUT2D eigenvalue weighted by Crippen LogP contribution is 2.39. The quantitative estimate of drug-likeness (QED) is 0.406. The molecule has 0 unspecified atom stereocenters. The topological polar surface area (TPSA) is 126 Å². The number of nitriles is 1. The summed E-state index contributed by atoms with van der Waals surface area (Å²) < 4.78 is 1.71. The predicted molar refractivity (Wildman–Crippen MR) is 141 cm³/mol. The van der Waals surface area contributed by atoms with Crippen molar-refractivity contribution in [1.82, 2.24) is 15.1 Å². The third-order valence-corrected chi connectivity index (χ3v) is 7.64. The van der Waals surface area contributed by atoms with Crippen molar-refractivity contribution in [1.29, 1.82) is 5.26 Å². The van der Waals surface area contributed by atoms with Gasteiger partial charge in [-0.3, -0.25) is 14.3 Å². The monoisotopic (exact) mass is 496 g/mol. The van der Waals surface area contributed by atoms with Gasteiger partial charge >= 0.3 is 0 Å². The second-order valence-corrected chi connectivity index (χ2v) is 10.2. The van der Waals surface area contributed by atoms with Gasteiger partial charge in [0, 0.05) is 24.7 Å². The summed E-state index contributed by atoms with van der Waals surface area (Å²) in [6, 6.07) is 21.6. The summed E-state index contributed by atoms with van der Waals surface area (Å²) in [5.74, 6) is -0.596. The minimum Gasteiger partial charge on any atom is -0.365 e. The van der Waals surface area contributed by atoms with Crippen LogP contribution in [0.2, 0.25) is 0 Å². The van der Waals surface area contributed by atoms with Gasteiger partial charge in [0.05, 0.1) is 18.0 Å². The van der Waals surface area contributed by atoms with Crippen molar-refractivity contribution in [2.24, 2.45) is 11.7 Å². The first-order valence-corrected chi connectivity index (χ1v) is 12.9. The molecule has 2 amide bonds. The molecular formula is C29H32N6O2. The van der Waals surface area contributed by atoms with Crippen LogP contribution < -0.4 is 16.4 Å². The Morgan fingerprint density at radius 2 is 1.70 bits per heavy atom. The number of carbonyl (C=O) groups excluding carboxylic acids is 2. The summed E-state index contributed by atoms with van der Waals surface area (Å²) in [5.41, 5.74) is 8.87. The van der Waals surface area contributed by atoms with Crippen LogP contribution >= 0.6 is 0 Å². The average Bonchev–Trinajstić information content (AvgIpc) is 3.69. The molecule has 4 N–H and O–H groups in total. The van der Waals surface area contributed by atoms with Crippen LogP contribution in [0.3, 0.4) is 0 Å². The molecule has 0 radical (unpaired) electrons. The van der Waals surface area contributed by atoms with Gasteiger partial charge < -0.3 is 16.4 Å². The van der Waals surface area contributed by atoms with E-state index in [1.54, 1.807) is 10.9 Å². The molecule has 3 aromatic rings. The Kier molecular flexibility index (Phi) is 7.06. The Labute approximate surface area is 216 Å². The number of aromatic nitrogens is 2. The Morgan fingerprint density at radius 1 is 1.03 bits per heavy atom. The molecular weight excluding hydrogens is 464 g/mol. The molecule has 8 heteroatoms. The molecule has 0 atom stereocenters. The van der Waals surface area contributed by atoms with Crippen LogP contribution in [0.4, 0.5) is 5.82 Å². The van der Waals surface area contributed by atoms with Crippen LogP contribution in [-0.2, 0) is 16.9 Å². The number of nitrogens with zero attached hydrogens (tertiary/aromatic N) is 3. The van der Waals surface area contributed by atoms with Gasteiger partial charge in [-0.1, -0.05) is 54.6 Å². The van der Waals surface area contributed by atoms with Gasteiger partial charge in [0.25, 0.3) is 5.91 Å². The molecule has 2 aliphatic carbocycles. The fraction of sp³-hybridized carbons (Fsp3) is 0.379. The Morgan fingerprint density at radius 3 is 2.32 bits per heavy atom. The van der Waals surface area contributed by atoms with E-state index in [4.69, 9.17) is 5.73 Å².